The van der Waals surface area contributed by atoms with Crippen molar-refractivity contribution < 1.29 is 23.8 Å². The van der Waals surface area contributed by atoms with Crippen LogP contribution in [-0.4, -0.2) is 73.0 Å². The molecule has 1 spiro atoms. The Morgan fingerprint density at radius 3 is 2.46 bits per heavy atom. The van der Waals surface area contributed by atoms with E-state index in [1.165, 1.54) is 11.6 Å². The van der Waals surface area contributed by atoms with E-state index in [4.69, 9.17) is 14.2 Å². The van der Waals surface area contributed by atoms with Crippen LogP contribution in [0.3, 0.4) is 0 Å². The van der Waals surface area contributed by atoms with Gasteiger partial charge in [0.25, 0.3) is 0 Å². The first-order chi connectivity index (χ1) is 18.5. The molecule has 3 aliphatic heterocycles. The van der Waals surface area contributed by atoms with Crippen LogP contribution in [0.25, 0.3) is 0 Å². The molecule has 3 atom stereocenters. The van der Waals surface area contributed by atoms with Crippen molar-refractivity contribution in [2.75, 3.05) is 26.7 Å². The molecule has 0 aromatic heterocycles. The summed E-state index contributed by atoms with van der Waals surface area (Å²) in [7, 11) is 2.07. The van der Waals surface area contributed by atoms with Crippen molar-refractivity contribution in [2.24, 2.45) is 11.8 Å². The molecule has 4 aliphatic rings. The highest BCUT2D eigenvalue weighted by molar-refractivity contribution is 5.87. The highest BCUT2D eigenvalue weighted by atomic mass is 16.6. The van der Waals surface area contributed by atoms with Crippen LogP contribution in [0.5, 0.6) is 0 Å². The Morgan fingerprint density at radius 1 is 1.10 bits per heavy atom. The predicted molar refractivity (Wildman–Crippen MR) is 153 cm³/mol. The van der Waals surface area contributed by atoms with E-state index in [0.717, 1.165) is 77.5 Å². The molecule has 0 aromatic rings. The number of ether oxygens (including phenoxy) is 3. The number of likely N-dealkylation sites (tertiary alicyclic amines) is 1. The van der Waals surface area contributed by atoms with Gasteiger partial charge in [0.15, 0.2) is 0 Å². The number of amides is 1. The van der Waals surface area contributed by atoms with Crippen molar-refractivity contribution in [2.45, 2.75) is 115 Å². The van der Waals surface area contributed by atoms with E-state index in [9.17, 15) is 9.59 Å². The van der Waals surface area contributed by atoms with Crippen molar-refractivity contribution in [1.29, 1.82) is 0 Å². The molecule has 1 amide bonds. The summed E-state index contributed by atoms with van der Waals surface area (Å²) >= 11 is 0. The Hall–Kier alpha value is -1.96. The van der Waals surface area contributed by atoms with E-state index in [0.29, 0.717) is 5.92 Å². The van der Waals surface area contributed by atoms with E-state index in [1.807, 2.05) is 6.92 Å². The quantitative estimate of drug-likeness (QED) is 0.189. The van der Waals surface area contributed by atoms with Crippen LogP contribution in [0.2, 0.25) is 0 Å². The second-order valence-corrected chi connectivity index (χ2v) is 13.1. The minimum Gasteiger partial charge on any atom is -0.458 e. The molecular formula is C32H50N2O5. The molecule has 39 heavy (non-hydrogen) atoms. The van der Waals surface area contributed by atoms with Gasteiger partial charge in [-0.1, -0.05) is 23.8 Å². The van der Waals surface area contributed by atoms with E-state index in [1.54, 1.807) is 6.08 Å². The molecule has 1 aliphatic carbocycles. The van der Waals surface area contributed by atoms with Gasteiger partial charge in [0.05, 0.1) is 29.8 Å². The fourth-order valence-electron chi connectivity index (χ4n) is 6.39. The standard InChI is InChI=1S/C32H50N2O5/c1-23(7-14-28-20-32(22-37-32)21-31(3,4)39-28)6-9-25-10-12-27(13-11-25)33-29(35)15-8-24(2)38-30(36)26-16-18-34(5)19-17-26/h6-8,14-15,24-28H,9-13,16-22H2,1-5H3,(H,33,35)/b14-7+,15-8-,23-6+/t24-,25-,27+,28+,32+/m0/s1. The lowest BCUT2D eigenvalue weighted by atomic mass is 9.83. The molecular weight excluding hydrogens is 492 g/mol. The summed E-state index contributed by atoms with van der Waals surface area (Å²) in [5, 5.41) is 3.13. The van der Waals surface area contributed by atoms with Gasteiger partial charge in [-0.2, -0.15) is 0 Å². The zero-order chi connectivity index (χ0) is 28.0. The third-order valence-corrected chi connectivity index (χ3v) is 8.76. The van der Waals surface area contributed by atoms with Crippen LogP contribution < -0.4 is 5.32 Å². The molecule has 1 saturated carbocycles. The van der Waals surface area contributed by atoms with Gasteiger partial charge in [0, 0.05) is 25.0 Å². The van der Waals surface area contributed by atoms with E-state index in [2.05, 4.69) is 56.3 Å². The minimum absolute atomic E-state index is 0.0287. The van der Waals surface area contributed by atoms with Gasteiger partial charge in [0.2, 0.25) is 5.91 Å². The third-order valence-electron chi connectivity index (χ3n) is 8.76. The predicted octanol–water partition coefficient (Wildman–Crippen LogP) is 5.11. The highest BCUT2D eigenvalue weighted by Crippen LogP contribution is 2.46. The first kappa shape index (κ1) is 30.0. The Kier molecular flexibility index (Phi) is 10.1. The SMILES string of the molecule is CC(/C=C/[C@@H]1C[C@]2(CO2)CC(C)(C)O1)=C\C[C@H]1CC[C@@H](NC(=O)/C=C\[C@H](C)OC(=O)C2CCN(C)CC2)CC1. The van der Waals surface area contributed by atoms with Gasteiger partial charge in [0.1, 0.15) is 6.10 Å². The van der Waals surface area contributed by atoms with E-state index < -0.39 is 6.10 Å². The van der Waals surface area contributed by atoms with Gasteiger partial charge < -0.3 is 24.4 Å². The smallest absolute Gasteiger partial charge is 0.309 e. The normalized spacial score (nSPS) is 32.9. The maximum absolute atomic E-state index is 12.4. The van der Waals surface area contributed by atoms with Crippen molar-refractivity contribution in [3.63, 3.8) is 0 Å². The molecule has 3 saturated heterocycles. The fraction of sp³-hybridized carbons (Fsp3) is 0.750. The number of epoxide rings is 1. The Morgan fingerprint density at radius 2 is 1.79 bits per heavy atom. The summed E-state index contributed by atoms with van der Waals surface area (Å²) in [6, 6.07) is 0.212. The lowest BCUT2D eigenvalue weighted by Gasteiger charge is -2.38. The second-order valence-electron chi connectivity index (χ2n) is 13.1. The highest BCUT2D eigenvalue weighted by Gasteiger charge is 2.53. The maximum Gasteiger partial charge on any atom is 0.309 e. The van der Waals surface area contributed by atoms with Gasteiger partial charge in [-0.05, 0) is 105 Å². The molecule has 1 N–H and O–H groups in total. The van der Waals surface area contributed by atoms with Crippen LogP contribution in [-0.2, 0) is 23.8 Å². The number of carbonyl (C=O) groups excluding carboxylic acids is 2. The number of hydrogen-bond acceptors (Lipinski definition) is 6. The molecule has 7 nitrogen and oxygen atoms in total. The number of hydrogen-bond donors (Lipinski definition) is 1. The van der Waals surface area contributed by atoms with Crippen molar-refractivity contribution in [3.8, 4) is 0 Å². The first-order valence-corrected chi connectivity index (χ1v) is 15.1. The summed E-state index contributed by atoms with van der Waals surface area (Å²) in [4.78, 5) is 27.0. The van der Waals surface area contributed by atoms with E-state index >= 15 is 0 Å². The average molecular weight is 543 g/mol. The van der Waals surface area contributed by atoms with Gasteiger partial charge >= 0.3 is 5.97 Å². The van der Waals surface area contributed by atoms with Crippen LogP contribution in [0, 0.1) is 11.8 Å². The molecule has 4 fully saturated rings. The van der Waals surface area contributed by atoms with Crippen molar-refractivity contribution in [3.05, 3.63) is 36.0 Å². The molecule has 7 heteroatoms. The monoisotopic (exact) mass is 542 g/mol. The van der Waals surface area contributed by atoms with Gasteiger partial charge in [-0.3, -0.25) is 9.59 Å². The molecule has 0 aromatic carbocycles. The summed E-state index contributed by atoms with van der Waals surface area (Å²) in [6.07, 6.45) is 18.6. The van der Waals surface area contributed by atoms with Crippen molar-refractivity contribution in [1.82, 2.24) is 10.2 Å². The summed E-state index contributed by atoms with van der Waals surface area (Å²) < 4.78 is 17.6. The van der Waals surface area contributed by atoms with Crippen LogP contribution in [0.4, 0.5) is 0 Å². The van der Waals surface area contributed by atoms with Crippen molar-refractivity contribution >= 4 is 11.9 Å². The molecule has 3 heterocycles. The maximum atomic E-state index is 12.4. The number of allylic oxidation sites excluding steroid dienone is 3. The fourth-order valence-corrected chi connectivity index (χ4v) is 6.39. The zero-order valence-electron chi connectivity index (χ0n) is 24.7. The molecule has 0 bridgehead atoms. The van der Waals surface area contributed by atoms with Crippen LogP contribution in [0.1, 0.15) is 85.5 Å². The minimum atomic E-state index is -0.401. The number of nitrogens with zero attached hydrogens (tertiary/aromatic N) is 1. The van der Waals surface area contributed by atoms with E-state index in [-0.39, 0.29) is 41.1 Å². The number of esters is 1. The number of piperidine rings is 1. The van der Waals surface area contributed by atoms with Crippen LogP contribution in [0.15, 0.2) is 36.0 Å². The number of nitrogens with one attached hydrogen (secondary N) is 1. The summed E-state index contributed by atoms with van der Waals surface area (Å²) in [6.45, 7) is 11.0. The van der Waals surface area contributed by atoms with Gasteiger partial charge in [-0.15, -0.1) is 0 Å². The average Bonchev–Trinajstić information content (AvgIpc) is 3.62. The Labute approximate surface area is 235 Å². The molecule has 218 valence electrons. The molecule has 0 unspecified atom stereocenters. The number of carbonyl (C=O) groups is 2. The second kappa shape index (κ2) is 13.1. The Balaban J connectivity index is 1.11. The lowest BCUT2D eigenvalue weighted by molar-refractivity contribution is -0.152. The zero-order valence-corrected chi connectivity index (χ0v) is 24.7. The third kappa shape index (κ3) is 9.58. The van der Waals surface area contributed by atoms with Crippen LogP contribution >= 0.6 is 0 Å². The summed E-state index contributed by atoms with van der Waals surface area (Å²) in [5.74, 6) is 0.377. The topological polar surface area (TPSA) is 80.4 Å². The van der Waals surface area contributed by atoms with Gasteiger partial charge in [-0.25, -0.2) is 0 Å². The summed E-state index contributed by atoms with van der Waals surface area (Å²) in [5.41, 5.74) is 1.19. The lowest BCUT2D eigenvalue weighted by Crippen LogP contribution is -2.43. The molecule has 0 radical (unpaired) electrons. The Bertz CT molecular complexity index is 928. The number of rotatable bonds is 9. The largest absolute Gasteiger partial charge is 0.458 e. The molecule has 4 rings (SSSR count). The first-order valence-electron chi connectivity index (χ1n) is 15.1.